The van der Waals surface area contributed by atoms with Gasteiger partial charge in [0.15, 0.2) is 18.0 Å². The molecule has 36 heavy (non-hydrogen) atoms. The maximum absolute atomic E-state index is 14.0. The highest BCUT2D eigenvalue weighted by molar-refractivity contribution is 7.94. The topological polar surface area (TPSA) is 69.7 Å². The third-order valence-corrected chi connectivity index (χ3v) is 10.1. The third kappa shape index (κ3) is 3.76. The van der Waals surface area contributed by atoms with E-state index in [2.05, 4.69) is 32.9 Å². The van der Waals surface area contributed by atoms with Crippen LogP contribution in [0.2, 0.25) is 0 Å². The zero-order valence-corrected chi connectivity index (χ0v) is 22.2. The minimum absolute atomic E-state index is 0.0484. The molecule has 190 valence electrons. The summed E-state index contributed by atoms with van der Waals surface area (Å²) in [5.41, 5.74) is 0.780. The molecule has 0 spiro atoms. The highest BCUT2D eigenvalue weighted by atomic mass is 32.2. The Balaban J connectivity index is 1.55. The van der Waals surface area contributed by atoms with Crippen molar-refractivity contribution in [3.63, 3.8) is 0 Å². The molecule has 0 saturated heterocycles. The van der Waals surface area contributed by atoms with E-state index in [4.69, 9.17) is 8.92 Å². The molecule has 2 fully saturated rings. The third-order valence-electron chi connectivity index (χ3n) is 9.32. The molecule has 0 bridgehead atoms. The second-order valence-electron chi connectivity index (χ2n) is 11.2. The summed E-state index contributed by atoms with van der Waals surface area (Å²) in [4.78, 5) is 38.6. The van der Waals surface area contributed by atoms with Crippen molar-refractivity contribution in [3.8, 4) is 0 Å². The van der Waals surface area contributed by atoms with Crippen LogP contribution in [0.5, 0.6) is 0 Å². The van der Waals surface area contributed by atoms with Crippen molar-refractivity contribution < 1.29 is 23.3 Å². The molecule has 0 heterocycles. The minimum Gasteiger partial charge on any atom is -0.458 e. The van der Waals surface area contributed by atoms with E-state index in [0.29, 0.717) is 12.3 Å². The first kappa shape index (κ1) is 25.2. The van der Waals surface area contributed by atoms with E-state index >= 15 is 0 Å². The van der Waals surface area contributed by atoms with E-state index in [9.17, 15) is 14.4 Å². The van der Waals surface area contributed by atoms with Crippen molar-refractivity contribution in [1.29, 1.82) is 0 Å². The molecule has 4 aliphatic rings. The molecule has 6 atom stereocenters. The first-order valence-corrected chi connectivity index (χ1v) is 13.6. The number of Topliss-reactive ketones (excluding diaryl/α,β-unsaturated/α-hetero) is 1. The number of allylic oxidation sites excluding steroid dienone is 6. The molecular formula is C30H34O5S. The van der Waals surface area contributed by atoms with Crippen molar-refractivity contribution in [2.75, 3.05) is 6.61 Å². The fourth-order valence-corrected chi connectivity index (χ4v) is 8.48. The minimum atomic E-state index is -1.09. The number of hydrogen-bond acceptors (Lipinski definition) is 6. The van der Waals surface area contributed by atoms with Gasteiger partial charge in [0, 0.05) is 34.7 Å². The summed E-state index contributed by atoms with van der Waals surface area (Å²) in [5.74, 6) is -0.0629. The van der Waals surface area contributed by atoms with E-state index in [1.165, 1.54) is 30.1 Å². The van der Waals surface area contributed by atoms with Gasteiger partial charge in [-0.1, -0.05) is 55.3 Å². The molecule has 2 saturated carbocycles. The maximum atomic E-state index is 14.0. The number of rotatable bonds is 6. The van der Waals surface area contributed by atoms with Crippen molar-refractivity contribution >= 4 is 29.6 Å². The summed E-state index contributed by atoms with van der Waals surface area (Å²) in [5, 5.41) is 0. The van der Waals surface area contributed by atoms with Gasteiger partial charge in [-0.15, -0.1) is 0 Å². The number of ether oxygens (including phenoxy) is 1. The molecule has 0 aliphatic heterocycles. The van der Waals surface area contributed by atoms with Gasteiger partial charge in [-0.2, -0.15) is 0 Å². The van der Waals surface area contributed by atoms with Gasteiger partial charge in [0.25, 0.3) is 0 Å². The average Bonchev–Trinajstić information content (AvgIpc) is 3.09. The van der Waals surface area contributed by atoms with E-state index in [0.717, 1.165) is 24.2 Å². The largest absolute Gasteiger partial charge is 0.458 e. The summed E-state index contributed by atoms with van der Waals surface area (Å²) in [6, 6.07) is 9.80. The number of carbonyl (C=O) groups excluding carboxylic acids is 3. The summed E-state index contributed by atoms with van der Waals surface area (Å²) in [6.45, 7) is 7.57. The van der Waals surface area contributed by atoms with Crippen LogP contribution in [0, 0.1) is 28.6 Å². The van der Waals surface area contributed by atoms with E-state index in [-0.39, 0.29) is 35.4 Å². The molecule has 6 heteroatoms. The zero-order chi connectivity index (χ0) is 25.7. The molecule has 1 aromatic rings. The predicted molar refractivity (Wildman–Crippen MR) is 139 cm³/mol. The normalized spacial score (nSPS) is 36.8. The second kappa shape index (κ2) is 9.14. The van der Waals surface area contributed by atoms with Gasteiger partial charge in [0.05, 0.1) is 0 Å². The van der Waals surface area contributed by atoms with Gasteiger partial charge in [0.1, 0.15) is 0 Å². The molecule has 0 amide bonds. The Morgan fingerprint density at radius 3 is 2.64 bits per heavy atom. The van der Waals surface area contributed by atoms with Gasteiger partial charge in [0.2, 0.25) is 5.78 Å². The number of carbonyl (C=O) groups is 3. The Labute approximate surface area is 217 Å². The Bertz CT molecular complexity index is 1180. The Hall–Kier alpha value is -2.44. The van der Waals surface area contributed by atoms with Gasteiger partial charge in [-0.25, -0.2) is 0 Å². The van der Waals surface area contributed by atoms with Crippen LogP contribution in [0.3, 0.4) is 0 Å². The molecule has 5 nitrogen and oxygen atoms in total. The number of hydrogen-bond donors (Lipinski definition) is 0. The predicted octanol–water partition coefficient (Wildman–Crippen LogP) is 6.06. The fourth-order valence-electron chi connectivity index (χ4n) is 7.53. The van der Waals surface area contributed by atoms with Crippen LogP contribution in [0.4, 0.5) is 0 Å². The lowest BCUT2D eigenvalue weighted by Gasteiger charge is -2.54. The van der Waals surface area contributed by atoms with Gasteiger partial charge in [-0.05, 0) is 74.6 Å². The Morgan fingerprint density at radius 1 is 1.17 bits per heavy atom. The quantitative estimate of drug-likeness (QED) is 0.266. The molecule has 0 radical (unpaired) electrons. The monoisotopic (exact) mass is 506 g/mol. The average molecular weight is 507 g/mol. The molecule has 0 aromatic heterocycles. The van der Waals surface area contributed by atoms with Crippen LogP contribution in [0.25, 0.3) is 0 Å². The van der Waals surface area contributed by atoms with E-state index in [1.54, 1.807) is 6.08 Å². The number of esters is 1. The van der Waals surface area contributed by atoms with Crippen LogP contribution in [0.15, 0.2) is 70.7 Å². The van der Waals surface area contributed by atoms with Gasteiger partial charge < -0.3 is 4.74 Å². The summed E-state index contributed by atoms with van der Waals surface area (Å²) < 4.78 is 11.9. The smallest absolute Gasteiger partial charge is 0.303 e. The standard InChI is InChI=1S/C30H34O5S/c1-19-16-26-24-11-10-21-17-22(32)12-14-28(21,3)25(24)13-15-29(26,4)30(19,27(33)18-34-20(2)31)35-36-23-8-6-5-7-9-23/h5-9,12-14,17,19,24,26H,10-11,15-16,18H2,1-4H3/t19-,24+,26-,28-,29-,30-/m0/s1. The Kier molecular flexibility index (Phi) is 6.40. The lowest BCUT2D eigenvalue weighted by atomic mass is 9.51. The first-order chi connectivity index (χ1) is 17.1. The first-order valence-electron chi connectivity index (χ1n) is 12.8. The SMILES string of the molecule is CC(=O)OCC(=O)[C@@]1(OSc2ccccc2)[C@@H](C)C[C@H]2[C@@H]3CCC4=CC(=O)C=C[C@]4(C)C3=CC[C@@]21C. The molecule has 0 N–H and O–H groups in total. The van der Waals surface area contributed by atoms with Crippen LogP contribution in [0.1, 0.15) is 53.4 Å². The highest BCUT2D eigenvalue weighted by Crippen LogP contribution is 2.68. The maximum Gasteiger partial charge on any atom is 0.303 e. The van der Waals surface area contributed by atoms with Crippen molar-refractivity contribution in [1.82, 2.24) is 0 Å². The van der Waals surface area contributed by atoms with Crippen LogP contribution in [-0.2, 0) is 23.3 Å². The van der Waals surface area contributed by atoms with Crippen LogP contribution >= 0.6 is 12.0 Å². The highest BCUT2D eigenvalue weighted by Gasteiger charge is 2.69. The number of fused-ring (bicyclic) bond motifs is 5. The lowest BCUT2D eigenvalue weighted by Crippen LogP contribution is -2.58. The van der Waals surface area contributed by atoms with Gasteiger partial charge >= 0.3 is 5.97 Å². The number of ketones is 2. The van der Waals surface area contributed by atoms with Crippen molar-refractivity contribution in [2.24, 2.45) is 28.6 Å². The van der Waals surface area contributed by atoms with Gasteiger partial charge in [-0.3, -0.25) is 18.6 Å². The number of benzene rings is 1. The second-order valence-corrected chi connectivity index (χ2v) is 12.0. The van der Waals surface area contributed by atoms with Crippen LogP contribution < -0.4 is 0 Å². The fraction of sp³-hybridized carbons (Fsp3) is 0.500. The van der Waals surface area contributed by atoms with Crippen LogP contribution in [-0.4, -0.2) is 29.7 Å². The summed E-state index contributed by atoms with van der Waals surface area (Å²) >= 11 is 1.24. The molecule has 1 aromatic carbocycles. The Morgan fingerprint density at radius 2 is 1.92 bits per heavy atom. The van der Waals surface area contributed by atoms with Crippen molar-refractivity contribution in [2.45, 2.75) is 63.9 Å². The van der Waals surface area contributed by atoms with E-state index in [1.807, 2.05) is 36.4 Å². The molecular weight excluding hydrogens is 472 g/mol. The molecule has 0 unspecified atom stereocenters. The summed E-state index contributed by atoms with van der Waals surface area (Å²) in [6.07, 6.45) is 11.3. The zero-order valence-electron chi connectivity index (χ0n) is 21.4. The van der Waals surface area contributed by atoms with Crippen molar-refractivity contribution in [3.05, 3.63) is 65.8 Å². The lowest BCUT2D eigenvalue weighted by molar-refractivity contribution is -0.160. The van der Waals surface area contributed by atoms with E-state index < -0.39 is 17.0 Å². The molecule has 5 rings (SSSR count). The molecule has 4 aliphatic carbocycles. The summed E-state index contributed by atoms with van der Waals surface area (Å²) in [7, 11) is 0.